The number of nitrogens with zero attached hydrogens (tertiary/aromatic N) is 2. The summed E-state index contributed by atoms with van der Waals surface area (Å²) in [7, 11) is 3.38. The van der Waals surface area contributed by atoms with Crippen molar-refractivity contribution in [2.24, 2.45) is 0 Å². The lowest BCUT2D eigenvalue weighted by atomic mass is 10.0. The molecule has 2 aromatic carbocycles. The summed E-state index contributed by atoms with van der Waals surface area (Å²) in [6.45, 7) is 3.93. The van der Waals surface area contributed by atoms with E-state index < -0.39 is 0 Å². The average Bonchev–Trinajstić information content (AvgIpc) is 3.43. The van der Waals surface area contributed by atoms with E-state index in [2.05, 4.69) is 47.4 Å². The number of hydrogen-bond acceptors (Lipinski definition) is 5. The quantitative estimate of drug-likeness (QED) is 0.667. The first-order valence-electron chi connectivity index (χ1n) is 10.2. The lowest BCUT2D eigenvalue weighted by molar-refractivity contribution is -0.933. The van der Waals surface area contributed by atoms with Crippen LogP contribution >= 0.6 is 0 Å². The Morgan fingerprint density at radius 3 is 2.66 bits per heavy atom. The van der Waals surface area contributed by atoms with Crippen molar-refractivity contribution in [2.45, 2.75) is 38.8 Å². The van der Waals surface area contributed by atoms with Gasteiger partial charge in [-0.3, -0.25) is 0 Å². The third-order valence-electron chi connectivity index (χ3n) is 5.77. The molecule has 1 aliphatic heterocycles. The molecule has 1 fully saturated rings. The monoisotopic (exact) mass is 394 g/mol. The van der Waals surface area contributed by atoms with Crippen LogP contribution in [-0.2, 0) is 13.0 Å². The second-order valence-corrected chi connectivity index (χ2v) is 7.45. The first kappa shape index (κ1) is 19.5. The smallest absolute Gasteiger partial charge is 0.282 e. The molecular weight excluding hydrogens is 366 g/mol. The standard InChI is InChI=1S/C23H27N3O3/c1-4-16-7-9-17(10-8-16)23-24-22(29-25-23)15-26-13-5-6-20(26)19-12-11-18(27-2)14-21(19)28-3/h7-12,14,20H,4-6,13,15H2,1-3H3/p+1/t20-/m0/s1. The number of nitrogens with one attached hydrogen (secondary N) is 1. The molecule has 1 N–H and O–H groups in total. The fraction of sp³-hybridized carbons (Fsp3) is 0.391. The maximum atomic E-state index is 5.63. The minimum Gasteiger partial charge on any atom is -0.497 e. The van der Waals surface area contributed by atoms with Crippen molar-refractivity contribution in [1.29, 1.82) is 0 Å². The normalized spacial score (nSPS) is 18.7. The SMILES string of the molecule is CCc1ccc(-c2noc(C[NH+]3CCC[C@H]3c3ccc(OC)cc3OC)n2)cc1. The molecule has 0 bridgehead atoms. The minimum absolute atomic E-state index is 0.343. The number of rotatable bonds is 7. The maximum absolute atomic E-state index is 5.63. The Kier molecular flexibility index (Phi) is 5.81. The predicted octanol–water partition coefficient (Wildman–Crippen LogP) is 3.24. The third-order valence-corrected chi connectivity index (χ3v) is 5.77. The van der Waals surface area contributed by atoms with Gasteiger partial charge in [0.05, 0.1) is 26.3 Å². The van der Waals surface area contributed by atoms with Crippen LogP contribution in [0.5, 0.6) is 11.5 Å². The highest BCUT2D eigenvalue weighted by atomic mass is 16.5. The van der Waals surface area contributed by atoms with Gasteiger partial charge in [-0.05, 0) is 24.1 Å². The average molecular weight is 394 g/mol. The minimum atomic E-state index is 0.343. The van der Waals surface area contributed by atoms with E-state index in [1.807, 2.05) is 12.1 Å². The number of hydrogen-bond donors (Lipinski definition) is 1. The second kappa shape index (κ2) is 8.66. The van der Waals surface area contributed by atoms with E-state index >= 15 is 0 Å². The van der Waals surface area contributed by atoms with Crippen molar-refractivity contribution in [3.63, 3.8) is 0 Å². The van der Waals surface area contributed by atoms with Crippen LogP contribution in [0.3, 0.4) is 0 Å². The highest BCUT2D eigenvalue weighted by Gasteiger charge is 2.33. The van der Waals surface area contributed by atoms with Gasteiger partial charge in [-0.15, -0.1) is 0 Å². The van der Waals surface area contributed by atoms with E-state index in [4.69, 9.17) is 14.0 Å². The third kappa shape index (κ3) is 4.12. The molecule has 0 aliphatic carbocycles. The van der Waals surface area contributed by atoms with Gasteiger partial charge in [0.1, 0.15) is 17.5 Å². The van der Waals surface area contributed by atoms with Crippen molar-refractivity contribution in [3.8, 4) is 22.9 Å². The molecular formula is C23H28N3O3+. The molecule has 4 rings (SSSR count). The summed E-state index contributed by atoms with van der Waals surface area (Å²) in [6.07, 6.45) is 3.29. The highest BCUT2D eigenvalue weighted by molar-refractivity contribution is 5.54. The van der Waals surface area contributed by atoms with Crippen molar-refractivity contribution >= 4 is 0 Å². The Bertz CT molecular complexity index is 952. The van der Waals surface area contributed by atoms with Crippen LogP contribution in [0.1, 0.15) is 42.8 Å². The summed E-state index contributed by atoms with van der Waals surface area (Å²) >= 11 is 0. The molecule has 6 nitrogen and oxygen atoms in total. The zero-order chi connectivity index (χ0) is 20.2. The van der Waals surface area contributed by atoms with Crippen molar-refractivity contribution in [1.82, 2.24) is 10.1 Å². The molecule has 0 amide bonds. The van der Waals surface area contributed by atoms with Gasteiger partial charge in [-0.25, -0.2) is 0 Å². The summed E-state index contributed by atoms with van der Waals surface area (Å²) in [5.41, 5.74) is 3.49. The summed E-state index contributed by atoms with van der Waals surface area (Å²) < 4.78 is 16.6. The lowest BCUT2D eigenvalue weighted by Crippen LogP contribution is -3.09. The Morgan fingerprint density at radius 1 is 1.10 bits per heavy atom. The molecule has 152 valence electrons. The van der Waals surface area contributed by atoms with Crippen LogP contribution in [-0.4, -0.2) is 30.9 Å². The summed E-state index contributed by atoms with van der Waals surface area (Å²) in [4.78, 5) is 6.07. The van der Waals surface area contributed by atoms with Crippen LogP contribution in [0.4, 0.5) is 0 Å². The summed E-state index contributed by atoms with van der Waals surface area (Å²) in [5.74, 6) is 3.01. The highest BCUT2D eigenvalue weighted by Crippen LogP contribution is 2.31. The molecule has 2 heterocycles. The Balaban J connectivity index is 1.51. The van der Waals surface area contributed by atoms with Gasteiger partial charge < -0.3 is 18.9 Å². The molecule has 1 unspecified atom stereocenters. The number of benzene rings is 2. The van der Waals surface area contributed by atoms with Crippen LogP contribution in [0, 0.1) is 0 Å². The zero-order valence-electron chi connectivity index (χ0n) is 17.3. The second-order valence-electron chi connectivity index (χ2n) is 7.45. The first-order chi connectivity index (χ1) is 14.2. The number of likely N-dealkylation sites (tertiary alicyclic amines) is 1. The van der Waals surface area contributed by atoms with Crippen LogP contribution in [0.15, 0.2) is 47.0 Å². The number of methoxy groups -OCH3 is 2. The first-order valence-corrected chi connectivity index (χ1v) is 10.2. The van der Waals surface area contributed by atoms with E-state index in [0.29, 0.717) is 24.3 Å². The van der Waals surface area contributed by atoms with Gasteiger partial charge in [-0.2, -0.15) is 4.98 Å². The van der Waals surface area contributed by atoms with Crippen LogP contribution in [0.25, 0.3) is 11.4 Å². The van der Waals surface area contributed by atoms with Crippen LogP contribution in [0.2, 0.25) is 0 Å². The van der Waals surface area contributed by atoms with E-state index in [0.717, 1.165) is 42.9 Å². The topological polar surface area (TPSA) is 61.8 Å². The van der Waals surface area contributed by atoms with Crippen molar-refractivity contribution < 1.29 is 18.9 Å². The largest absolute Gasteiger partial charge is 0.497 e. The molecule has 2 atom stereocenters. The molecule has 6 heteroatoms. The van der Waals surface area contributed by atoms with Gasteiger partial charge in [0, 0.05) is 24.5 Å². The number of aryl methyl sites for hydroxylation is 1. The van der Waals surface area contributed by atoms with Gasteiger partial charge in [0.15, 0.2) is 6.54 Å². The molecule has 1 aromatic heterocycles. The molecule has 0 radical (unpaired) electrons. The molecule has 0 spiro atoms. The van der Waals surface area contributed by atoms with Gasteiger partial charge in [0.25, 0.3) is 5.89 Å². The van der Waals surface area contributed by atoms with Crippen molar-refractivity contribution in [2.75, 3.05) is 20.8 Å². The Morgan fingerprint density at radius 2 is 1.93 bits per heavy atom. The Hall–Kier alpha value is -2.86. The maximum Gasteiger partial charge on any atom is 0.282 e. The van der Waals surface area contributed by atoms with E-state index in [1.165, 1.54) is 16.0 Å². The molecule has 29 heavy (non-hydrogen) atoms. The van der Waals surface area contributed by atoms with E-state index in [1.54, 1.807) is 14.2 Å². The number of quaternary nitrogens is 1. The molecule has 0 saturated carbocycles. The van der Waals surface area contributed by atoms with Crippen LogP contribution < -0.4 is 14.4 Å². The lowest BCUT2D eigenvalue weighted by Gasteiger charge is -2.22. The van der Waals surface area contributed by atoms with E-state index in [9.17, 15) is 0 Å². The van der Waals surface area contributed by atoms with Gasteiger partial charge in [-0.1, -0.05) is 36.3 Å². The fourth-order valence-corrected chi connectivity index (χ4v) is 4.13. The van der Waals surface area contributed by atoms with E-state index in [-0.39, 0.29) is 0 Å². The van der Waals surface area contributed by atoms with Crippen molar-refractivity contribution in [3.05, 3.63) is 59.5 Å². The number of ether oxygens (including phenoxy) is 2. The molecule has 3 aromatic rings. The number of aromatic nitrogens is 2. The van der Waals surface area contributed by atoms with Gasteiger partial charge in [0.2, 0.25) is 5.82 Å². The summed E-state index contributed by atoms with van der Waals surface area (Å²) in [5, 5.41) is 4.20. The molecule has 1 saturated heterocycles. The molecule has 1 aliphatic rings. The predicted molar refractivity (Wildman–Crippen MR) is 110 cm³/mol. The summed E-state index contributed by atoms with van der Waals surface area (Å²) in [6, 6.07) is 14.8. The fourth-order valence-electron chi connectivity index (χ4n) is 4.13. The van der Waals surface area contributed by atoms with Gasteiger partial charge >= 0.3 is 0 Å². The zero-order valence-corrected chi connectivity index (χ0v) is 17.3. The Labute approximate surface area is 171 Å².